The molecule has 0 amide bonds. The molecule has 0 saturated carbocycles. The van der Waals surface area contributed by atoms with Crippen molar-refractivity contribution in [1.29, 1.82) is 0 Å². The Morgan fingerprint density at radius 1 is 0.910 bits per heavy atom. The number of ketones is 1. The fraction of sp³-hybridized carbons (Fsp3) is 0.647. The molecule has 67 heavy (non-hydrogen) atoms. The molecule has 1 aromatic heterocycles. The van der Waals surface area contributed by atoms with Gasteiger partial charge in [-0.1, -0.05) is 56.7 Å². The predicted octanol–water partition coefficient (Wildman–Crippen LogP) is 4.89. The third kappa shape index (κ3) is 14.1. The number of carbonyl (C=O) groups excluding carboxylic acids is 3. The van der Waals surface area contributed by atoms with Crippen molar-refractivity contribution >= 4 is 28.9 Å². The lowest BCUT2D eigenvalue weighted by molar-refractivity contribution is -0.304. The lowest BCUT2D eigenvalue weighted by atomic mass is 9.79. The van der Waals surface area contributed by atoms with Crippen LogP contribution in [0.4, 0.5) is 0 Å². The number of benzene rings is 1. The van der Waals surface area contributed by atoms with Crippen molar-refractivity contribution in [3.8, 4) is 0 Å². The summed E-state index contributed by atoms with van der Waals surface area (Å²) in [6.07, 6.45) is 1.03. The van der Waals surface area contributed by atoms with E-state index in [1.54, 1.807) is 58.3 Å². The molecule has 2 saturated heterocycles. The number of pyridine rings is 1. The van der Waals surface area contributed by atoms with E-state index in [2.05, 4.69) is 11.1 Å². The van der Waals surface area contributed by atoms with Crippen LogP contribution >= 0.6 is 0 Å². The van der Waals surface area contributed by atoms with Crippen molar-refractivity contribution in [2.45, 2.75) is 153 Å². The number of aliphatic hydroxyl groups excluding tert-OH is 3. The van der Waals surface area contributed by atoms with E-state index in [1.165, 1.54) is 20.3 Å². The molecule has 3 aliphatic rings. The number of aromatic nitrogens is 1. The number of aldehydes is 1. The summed E-state index contributed by atoms with van der Waals surface area (Å²) < 4.78 is 49.4. The van der Waals surface area contributed by atoms with E-state index >= 15 is 0 Å². The van der Waals surface area contributed by atoms with Crippen LogP contribution in [0, 0.1) is 23.7 Å². The zero-order chi connectivity index (χ0) is 48.9. The lowest BCUT2D eigenvalue weighted by Gasteiger charge is -2.46. The maximum Gasteiger partial charge on any atom is 0.309 e. The van der Waals surface area contributed by atoms with Crippen LogP contribution in [-0.4, -0.2) is 158 Å². The smallest absolute Gasteiger partial charge is 0.309 e. The highest BCUT2D eigenvalue weighted by molar-refractivity contribution is 5.91. The maximum atomic E-state index is 14.4. The molecule has 3 N–H and O–H groups in total. The number of allylic oxidation sites excluding steroid dienone is 4. The molecule has 1 aromatic carbocycles. The highest BCUT2D eigenvalue weighted by Gasteiger charge is 2.48. The van der Waals surface area contributed by atoms with Crippen LogP contribution in [-0.2, 0) is 58.7 Å². The lowest BCUT2D eigenvalue weighted by Crippen LogP contribution is -2.63. The van der Waals surface area contributed by atoms with Crippen LogP contribution in [0.5, 0.6) is 0 Å². The molecule has 16 heteroatoms. The number of aliphatic hydroxyl groups is 3. The Labute approximate surface area is 395 Å². The summed E-state index contributed by atoms with van der Waals surface area (Å²) in [4.78, 5) is 47.0. The largest absolute Gasteiger partial charge is 0.497 e. The van der Waals surface area contributed by atoms with Gasteiger partial charge in [0.2, 0.25) is 0 Å². The van der Waals surface area contributed by atoms with E-state index in [0.717, 1.165) is 22.8 Å². The fourth-order valence-electron chi connectivity index (χ4n) is 9.49. The number of cyclic esters (lactones) is 1. The van der Waals surface area contributed by atoms with Gasteiger partial charge in [0.15, 0.2) is 18.4 Å². The molecule has 2 fully saturated rings. The van der Waals surface area contributed by atoms with Crippen LogP contribution in [0.3, 0.4) is 0 Å². The topological polar surface area (TPSA) is 202 Å². The first-order chi connectivity index (χ1) is 32.0. The van der Waals surface area contributed by atoms with Gasteiger partial charge in [-0.2, -0.15) is 0 Å². The number of methoxy groups -OCH3 is 2. The average molecular weight is 939 g/mol. The summed E-state index contributed by atoms with van der Waals surface area (Å²) in [5.74, 6) is -3.12. The number of carbonyl (C=O) groups is 3. The van der Waals surface area contributed by atoms with Crippen LogP contribution in [0.25, 0.3) is 10.9 Å². The van der Waals surface area contributed by atoms with Crippen molar-refractivity contribution in [2.24, 2.45) is 23.7 Å². The van der Waals surface area contributed by atoms with E-state index < -0.39 is 109 Å². The summed E-state index contributed by atoms with van der Waals surface area (Å²) >= 11 is 0. The Kier molecular flexibility index (Phi) is 20.6. The minimum absolute atomic E-state index is 0.00750. The Hall–Kier alpha value is -3.94. The molecule has 372 valence electrons. The zero-order valence-corrected chi connectivity index (χ0v) is 40.7. The van der Waals surface area contributed by atoms with E-state index in [1.807, 2.05) is 57.2 Å². The Bertz CT molecular complexity index is 1990. The van der Waals surface area contributed by atoms with Gasteiger partial charge in [-0.15, -0.1) is 0 Å². The number of nitrogens with zero attached hydrogens (tertiary/aromatic N) is 2. The van der Waals surface area contributed by atoms with Gasteiger partial charge in [0, 0.05) is 50.0 Å². The highest BCUT2D eigenvalue weighted by atomic mass is 16.7. The van der Waals surface area contributed by atoms with Crippen molar-refractivity contribution in [2.75, 3.05) is 34.9 Å². The molecule has 3 aliphatic heterocycles. The van der Waals surface area contributed by atoms with Gasteiger partial charge in [0.1, 0.15) is 42.9 Å². The van der Waals surface area contributed by atoms with Crippen molar-refractivity contribution in [3.05, 3.63) is 78.2 Å². The van der Waals surface area contributed by atoms with E-state index in [9.17, 15) is 29.7 Å². The Balaban J connectivity index is 1.51. The molecule has 2 aromatic rings. The highest BCUT2D eigenvalue weighted by Crippen LogP contribution is 2.36. The fourth-order valence-corrected chi connectivity index (χ4v) is 9.49. The molecule has 16 nitrogen and oxygen atoms in total. The van der Waals surface area contributed by atoms with Gasteiger partial charge in [0.05, 0.1) is 55.3 Å². The summed E-state index contributed by atoms with van der Waals surface area (Å²) in [5, 5.41) is 34.4. The van der Waals surface area contributed by atoms with E-state index in [-0.39, 0.29) is 31.7 Å². The molecular weight excluding hydrogens is 865 g/mol. The standard InChI is InChI=1S/C51H74N2O14/c1-11-40-37(28-63-51-49(61-10)48(60-9)45(58)33(6)65-51)23-29(2)18-19-39(55)30(3)24-36(20-21-54)47(67-50-46(59)43(53(7)8)44(57)32(5)64-50)31(4)41(26-42(56)66-40)62-22-14-15-34-25-35-16-12-13-17-38(35)52-27-34/h12-14,16-19,21-23,25,27,30-33,36-37,40-41,43-51,57-59H,11,15,20,24,26,28H2,1-10H3/b19-18+,22-14+,29-23+/t30-,31+,32-,33-,36+,37-,40-,41-,43+,44-,45-,46-,47-,48-,49-,50+,51-/m1/s1. The molecule has 0 unspecified atom stereocenters. The first-order valence-electron chi connectivity index (χ1n) is 23.5. The molecule has 0 aliphatic carbocycles. The minimum atomic E-state index is -1.31. The first-order valence-corrected chi connectivity index (χ1v) is 23.5. The van der Waals surface area contributed by atoms with Gasteiger partial charge in [-0.25, -0.2) is 0 Å². The summed E-state index contributed by atoms with van der Waals surface area (Å²) in [6.45, 7) is 10.8. The number of esters is 1. The molecule has 0 bridgehead atoms. The number of hydrogen-bond donors (Lipinski definition) is 3. The number of ether oxygens (including phenoxy) is 8. The second-order valence-electron chi connectivity index (χ2n) is 18.6. The van der Waals surface area contributed by atoms with Gasteiger partial charge in [-0.3, -0.25) is 14.6 Å². The molecule has 0 radical (unpaired) electrons. The Morgan fingerprint density at radius 2 is 1.61 bits per heavy atom. The number of para-hydroxylation sites is 1. The molecule has 5 rings (SSSR count). The monoisotopic (exact) mass is 939 g/mol. The van der Waals surface area contributed by atoms with Gasteiger partial charge in [0.25, 0.3) is 0 Å². The van der Waals surface area contributed by atoms with Crippen LogP contribution < -0.4 is 0 Å². The molecular formula is C51H74N2O14. The molecule has 0 spiro atoms. The van der Waals surface area contributed by atoms with Gasteiger partial charge >= 0.3 is 5.97 Å². The zero-order valence-electron chi connectivity index (χ0n) is 40.7. The number of rotatable bonds is 15. The number of fused-ring (bicyclic) bond motifs is 1. The average Bonchev–Trinajstić information content (AvgIpc) is 3.30. The predicted molar refractivity (Wildman–Crippen MR) is 249 cm³/mol. The third-order valence-electron chi connectivity index (χ3n) is 13.4. The van der Waals surface area contributed by atoms with Crippen LogP contribution in [0.1, 0.15) is 72.8 Å². The van der Waals surface area contributed by atoms with Crippen molar-refractivity contribution in [3.63, 3.8) is 0 Å². The summed E-state index contributed by atoms with van der Waals surface area (Å²) in [7, 11) is 6.45. The first kappa shape index (κ1) is 54.0. The number of hydrogen-bond acceptors (Lipinski definition) is 16. The quantitative estimate of drug-likeness (QED) is 0.124. The number of likely N-dealkylation sites (N-methyl/N-ethyl adjacent to an activating group) is 1. The van der Waals surface area contributed by atoms with E-state index in [0.29, 0.717) is 18.4 Å². The normalized spacial score (nSPS) is 37.5. The van der Waals surface area contributed by atoms with Crippen LogP contribution in [0.2, 0.25) is 0 Å². The van der Waals surface area contributed by atoms with Gasteiger partial charge < -0.3 is 62.9 Å². The Morgan fingerprint density at radius 3 is 2.30 bits per heavy atom. The van der Waals surface area contributed by atoms with Crippen molar-refractivity contribution < 1.29 is 67.6 Å². The van der Waals surface area contributed by atoms with E-state index in [4.69, 9.17) is 37.9 Å². The minimum Gasteiger partial charge on any atom is -0.497 e. The SMILES string of the molecule is CC[C@H]1OC(=O)C[C@@H](O/C=C/Cc2cnc3ccccc3c2)[C@H](C)[C@@H](O[C@@H]2O[C@H](C)[C@@H](O)[C@H](N(C)C)[C@H]2O)[C@@H](CC=O)C[C@@H](C)C(=O)/C=C/C(C)=C/[C@@H]1CO[C@@H]1O[C@H](C)[C@@H](O)[C@@H](OC)[C@H]1OC. The summed E-state index contributed by atoms with van der Waals surface area (Å²) in [5.41, 5.74) is 2.53. The van der Waals surface area contributed by atoms with Crippen LogP contribution in [0.15, 0.2) is 72.7 Å². The summed E-state index contributed by atoms with van der Waals surface area (Å²) in [6, 6.07) is 9.13. The van der Waals surface area contributed by atoms with Gasteiger partial charge in [-0.05, 0) is 89.9 Å². The second kappa shape index (κ2) is 25.6. The second-order valence-corrected chi connectivity index (χ2v) is 18.6. The molecule has 17 atom stereocenters. The molecule has 4 heterocycles. The third-order valence-corrected chi connectivity index (χ3v) is 13.4. The maximum absolute atomic E-state index is 14.4. The van der Waals surface area contributed by atoms with Crippen molar-refractivity contribution in [1.82, 2.24) is 9.88 Å².